The second kappa shape index (κ2) is 5.17. The highest BCUT2D eigenvalue weighted by Gasteiger charge is 2.17. The lowest BCUT2D eigenvalue weighted by molar-refractivity contribution is 0.234. The third-order valence-corrected chi connectivity index (χ3v) is 2.93. The molecule has 0 amide bonds. The lowest BCUT2D eigenvalue weighted by Crippen LogP contribution is -2.25. The van der Waals surface area contributed by atoms with E-state index in [4.69, 9.17) is 4.74 Å². The predicted octanol–water partition coefficient (Wildman–Crippen LogP) is 2.41. The largest absolute Gasteiger partial charge is 0.492 e. The first kappa shape index (κ1) is 10.5. The van der Waals surface area contributed by atoms with Crippen LogP contribution in [0.1, 0.15) is 13.3 Å². The lowest BCUT2D eigenvalue weighted by atomic mass is 10.2. The van der Waals surface area contributed by atoms with Gasteiger partial charge in [0.1, 0.15) is 12.4 Å². The Morgan fingerprint density at radius 1 is 1.33 bits per heavy atom. The number of hydrogen-bond donors (Lipinski definition) is 0. The van der Waals surface area contributed by atoms with Crippen LogP contribution in [0.4, 0.5) is 0 Å². The van der Waals surface area contributed by atoms with Gasteiger partial charge in [0.2, 0.25) is 0 Å². The van der Waals surface area contributed by atoms with E-state index in [2.05, 4.69) is 11.8 Å². The molecule has 1 fully saturated rings. The average molecular weight is 205 g/mol. The van der Waals surface area contributed by atoms with Crippen LogP contribution < -0.4 is 4.74 Å². The lowest BCUT2D eigenvalue weighted by Gasteiger charge is -2.15. The van der Waals surface area contributed by atoms with Crippen molar-refractivity contribution >= 4 is 0 Å². The molecule has 2 rings (SSSR count). The highest BCUT2D eigenvalue weighted by atomic mass is 16.5. The monoisotopic (exact) mass is 205 g/mol. The molecule has 82 valence electrons. The summed E-state index contributed by atoms with van der Waals surface area (Å²) in [6.07, 6.45) is 1.34. The van der Waals surface area contributed by atoms with Crippen LogP contribution in [-0.4, -0.2) is 31.1 Å². The second-order valence-electron chi connectivity index (χ2n) is 4.36. The van der Waals surface area contributed by atoms with Crippen LogP contribution in [0.2, 0.25) is 0 Å². The molecule has 1 aromatic carbocycles. The number of benzene rings is 1. The van der Waals surface area contributed by atoms with Crippen molar-refractivity contribution in [3.8, 4) is 5.75 Å². The van der Waals surface area contributed by atoms with Gasteiger partial charge in [0.25, 0.3) is 0 Å². The van der Waals surface area contributed by atoms with E-state index in [1.807, 2.05) is 30.3 Å². The van der Waals surface area contributed by atoms with Crippen molar-refractivity contribution in [1.29, 1.82) is 0 Å². The zero-order valence-electron chi connectivity index (χ0n) is 9.36. The molecule has 2 nitrogen and oxygen atoms in total. The van der Waals surface area contributed by atoms with Gasteiger partial charge in [0, 0.05) is 13.1 Å². The Morgan fingerprint density at radius 2 is 2.13 bits per heavy atom. The molecule has 0 aromatic heterocycles. The molecule has 1 heterocycles. The maximum Gasteiger partial charge on any atom is 0.119 e. The molecule has 0 bridgehead atoms. The van der Waals surface area contributed by atoms with Crippen LogP contribution in [0.3, 0.4) is 0 Å². The molecule has 15 heavy (non-hydrogen) atoms. The van der Waals surface area contributed by atoms with E-state index >= 15 is 0 Å². The molecular weight excluding hydrogens is 186 g/mol. The third-order valence-electron chi connectivity index (χ3n) is 2.93. The van der Waals surface area contributed by atoms with Crippen molar-refractivity contribution in [2.45, 2.75) is 13.3 Å². The van der Waals surface area contributed by atoms with Crippen molar-refractivity contribution < 1.29 is 4.74 Å². The molecule has 0 aliphatic carbocycles. The fourth-order valence-corrected chi connectivity index (χ4v) is 2.04. The highest BCUT2D eigenvalue weighted by molar-refractivity contribution is 5.20. The summed E-state index contributed by atoms with van der Waals surface area (Å²) in [6, 6.07) is 10.0. The van der Waals surface area contributed by atoms with Crippen molar-refractivity contribution in [2.24, 2.45) is 5.92 Å². The number of hydrogen-bond acceptors (Lipinski definition) is 2. The van der Waals surface area contributed by atoms with Crippen LogP contribution in [0.25, 0.3) is 0 Å². The molecule has 1 aromatic rings. The molecular formula is C13H19NO. The van der Waals surface area contributed by atoms with Gasteiger partial charge in [-0.05, 0) is 31.0 Å². The third kappa shape index (κ3) is 3.24. The number of ether oxygens (including phenoxy) is 1. The van der Waals surface area contributed by atoms with E-state index < -0.39 is 0 Å². The molecule has 0 spiro atoms. The zero-order chi connectivity index (χ0) is 10.5. The van der Waals surface area contributed by atoms with Crippen LogP contribution in [-0.2, 0) is 0 Å². The first-order valence-electron chi connectivity index (χ1n) is 5.75. The molecule has 0 unspecified atom stereocenters. The van der Waals surface area contributed by atoms with Gasteiger partial charge in [-0.25, -0.2) is 0 Å². The SMILES string of the molecule is C[C@H]1CCN(CCOc2ccccc2)C1. The maximum absolute atomic E-state index is 5.66. The predicted molar refractivity (Wildman–Crippen MR) is 62.2 cm³/mol. The number of likely N-dealkylation sites (tertiary alicyclic amines) is 1. The van der Waals surface area contributed by atoms with E-state index in [-0.39, 0.29) is 0 Å². The topological polar surface area (TPSA) is 12.5 Å². The van der Waals surface area contributed by atoms with Crippen LogP contribution in [0, 0.1) is 5.92 Å². The van der Waals surface area contributed by atoms with E-state index in [1.54, 1.807) is 0 Å². The van der Waals surface area contributed by atoms with Gasteiger partial charge >= 0.3 is 0 Å². The van der Waals surface area contributed by atoms with Gasteiger partial charge in [-0.15, -0.1) is 0 Å². The Hall–Kier alpha value is -1.02. The van der Waals surface area contributed by atoms with Gasteiger partial charge in [-0.1, -0.05) is 25.1 Å². The van der Waals surface area contributed by atoms with Crippen molar-refractivity contribution in [1.82, 2.24) is 4.90 Å². The van der Waals surface area contributed by atoms with Crippen LogP contribution in [0.15, 0.2) is 30.3 Å². The first-order chi connectivity index (χ1) is 7.34. The second-order valence-corrected chi connectivity index (χ2v) is 4.36. The highest BCUT2D eigenvalue weighted by Crippen LogP contribution is 2.14. The fourth-order valence-electron chi connectivity index (χ4n) is 2.04. The summed E-state index contributed by atoms with van der Waals surface area (Å²) >= 11 is 0. The Bertz CT molecular complexity index is 286. The van der Waals surface area contributed by atoms with Gasteiger partial charge in [0.05, 0.1) is 0 Å². The molecule has 1 saturated heterocycles. The molecule has 1 aliphatic rings. The standard InChI is InChI=1S/C13H19NO/c1-12-7-8-14(11-12)9-10-15-13-5-3-2-4-6-13/h2-6,12H,7-11H2,1H3/t12-/m0/s1. The summed E-state index contributed by atoms with van der Waals surface area (Å²) in [5.74, 6) is 1.84. The number of nitrogens with zero attached hydrogens (tertiary/aromatic N) is 1. The van der Waals surface area contributed by atoms with Crippen molar-refractivity contribution in [3.63, 3.8) is 0 Å². The molecule has 1 aliphatic heterocycles. The minimum Gasteiger partial charge on any atom is -0.492 e. The first-order valence-corrected chi connectivity index (χ1v) is 5.75. The molecule has 0 N–H and O–H groups in total. The summed E-state index contributed by atoms with van der Waals surface area (Å²) in [4.78, 5) is 2.48. The van der Waals surface area contributed by atoms with Gasteiger partial charge < -0.3 is 4.74 Å². The minimum absolute atomic E-state index is 0.802. The zero-order valence-corrected chi connectivity index (χ0v) is 9.36. The number of rotatable bonds is 4. The maximum atomic E-state index is 5.66. The molecule has 2 heteroatoms. The van der Waals surface area contributed by atoms with E-state index in [0.717, 1.165) is 24.8 Å². The minimum atomic E-state index is 0.802. The van der Waals surface area contributed by atoms with Gasteiger partial charge in [-0.3, -0.25) is 4.90 Å². The Balaban J connectivity index is 1.67. The summed E-state index contributed by atoms with van der Waals surface area (Å²) in [5.41, 5.74) is 0. The Morgan fingerprint density at radius 3 is 2.80 bits per heavy atom. The van der Waals surface area contributed by atoms with E-state index in [0.29, 0.717) is 0 Å². The molecule has 0 saturated carbocycles. The smallest absolute Gasteiger partial charge is 0.119 e. The fraction of sp³-hybridized carbons (Fsp3) is 0.538. The molecule has 0 radical (unpaired) electrons. The average Bonchev–Trinajstić information content (AvgIpc) is 2.66. The van der Waals surface area contributed by atoms with E-state index in [9.17, 15) is 0 Å². The van der Waals surface area contributed by atoms with Crippen LogP contribution in [0.5, 0.6) is 5.75 Å². The van der Waals surface area contributed by atoms with E-state index in [1.165, 1.54) is 19.5 Å². The van der Waals surface area contributed by atoms with Crippen molar-refractivity contribution in [2.75, 3.05) is 26.2 Å². The van der Waals surface area contributed by atoms with Crippen molar-refractivity contribution in [3.05, 3.63) is 30.3 Å². The normalized spacial score (nSPS) is 21.8. The number of para-hydroxylation sites is 1. The van der Waals surface area contributed by atoms with Crippen LogP contribution >= 0.6 is 0 Å². The summed E-state index contributed by atoms with van der Waals surface area (Å²) in [6.45, 7) is 6.64. The quantitative estimate of drug-likeness (QED) is 0.748. The Labute approximate surface area is 91.9 Å². The summed E-state index contributed by atoms with van der Waals surface area (Å²) < 4.78 is 5.66. The summed E-state index contributed by atoms with van der Waals surface area (Å²) in [5, 5.41) is 0. The van der Waals surface area contributed by atoms with Gasteiger partial charge in [-0.2, -0.15) is 0 Å². The molecule has 1 atom stereocenters. The Kier molecular flexibility index (Phi) is 3.62. The summed E-state index contributed by atoms with van der Waals surface area (Å²) in [7, 11) is 0. The van der Waals surface area contributed by atoms with Gasteiger partial charge in [0.15, 0.2) is 0 Å².